The van der Waals surface area contributed by atoms with Gasteiger partial charge in [0.15, 0.2) is 0 Å². The predicted molar refractivity (Wildman–Crippen MR) is 46.1 cm³/mol. The van der Waals surface area contributed by atoms with Crippen LogP contribution in [0.3, 0.4) is 0 Å². The van der Waals surface area contributed by atoms with Gasteiger partial charge in [-0.3, -0.25) is 0 Å². The van der Waals surface area contributed by atoms with E-state index < -0.39 is 0 Å². The third-order valence-corrected chi connectivity index (χ3v) is 2.08. The zero-order chi connectivity index (χ0) is 7.52. The van der Waals surface area contributed by atoms with Crippen LogP contribution in [0.4, 0.5) is 0 Å². The first-order valence-corrected chi connectivity index (χ1v) is 4.36. The molecule has 0 unspecified atom stereocenters. The summed E-state index contributed by atoms with van der Waals surface area (Å²) in [5.74, 6) is 7.28. The molecule has 1 aliphatic heterocycles. The fourth-order valence-electron chi connectivity index (χ4n) is 1.16. The van der Waals surface area contributed by atoms with Crippen LogP contribution < -0.4 is 5.32 Å². The highest BCUT2D eigenvalue weighted by atomic mass is 14.8. The van der Waals surface area contributed by atoms with Crippen LogP contribution >= 0.6 is 0 Å². The molecule has 1 heteroatoms. The Morgan fingerprint density at radius 3 is 3.00 bits per heavy atom. The van der Waals surface area contributed by atoms with E-state index in [1.54, 1.807) is 0 Å². The summed E-state index contributed by atoms with van der Waals surface area (Å²) >= 11 is 0. The molecule has 1 N–H and O–H groups in total. The molecular formula is C10H13N. The third-order valence-electron chi connectivity index (χ3n) is 2.08. The van der Waals surface area contributed by atoms with Crippen molar-refractivity contribution < 1.29 is 0 Å². The highest BCUT2D eigenvalue weighted by Gasteiger charge is 2.17. The molecule has 0 saturated heterocycles. The second kappa shape index (κ2) is 3.11. The summed E-state index contributed by atoms with van der Waals surface area (Å²) in [4.78, 5) is 0. The molecule has 0 amide bonds. The van der Waals surface area contributed by atoms with E-state index in [0.717, 1.165) is 25.4 Å². The molecule has 2 rings (SSSR count). The van der Waals surface area contributed by atoms with Gasteiger partial charge in [-0.05, 0) is 19.3 Å². The maximum Gasteiger partial charge on any atom is 0.0207 e. The smallest absolute Gasteiger partial charge is 0.0207 e. The molecule has 0 aromatic rings. The molecule has 0 aromatic carbocycles. The summed E-state index contributed by atoms with van der Waals surface area (Å²) in [5.41, 5.74) is 1.34. The van der Waals surface area contributed by atoms with E-state index in [0.29, 0.717) is 0 Å². The van der Waals surface area contributed by atoms with Gasteiger partial charge in [0.2, 0.25) is 0 Å². The van der Waals surface area contributed by atoms with Gasteiger partial charge in [-0.2, -0.15) is 0 Å². The SMILES string of the molecule is C(#CC1CC1)C1=CCNCC1. The zero-order valence-corrected chi connectivity index (χ0v) is 6.69. The first kappa shape index (κ1) is 6.94. The molecule has 0 spiro atoms. The largest absolute Gasteiger partial charge is 0.313 e. The fourth-order valence-corrected chi connectivity index (χ4v) is 1.16. The minimum atomic E-state index is 0.741. The Labute approximate surface area is 67.9 Å². The monoisotopic (exact) mass is 147 g/mol. The van der Waals surface area contributed by atoms with Crippen molar-refractivity contribution in [2.45, 2.75) is 19.3 Å². The maximum atomic E-state index is 3.28. The molecule has 11 heavy (non-hydrogen) atoms. The summed E-state index contributed by atoms with van der Waals surface area (Å²) in [6.07, 6.45) is 6.00. The Hall–Kier alpha value is -0.740. The molecule has 1 fully saturated rings. The molecule has 0 bridgehead atoms. The van der Waals surface area contributed by atoms with Crippen molar-refractivity contribution in [3.63, 3.8) is 0 Å². The van der Waals surface area contributed by atoms with Crippen LogP contribution in [0.5, 0.6) is 0 Å². The lowest BCUT2D eigenvalue weighted by molar-refractivity contribution is 0.715. The summed E-state index contributed by atoms with van der Waals surface area (Å²) in [5, 5.41) is 3.27. The number of rotatable bonds is 0. The van der Waals surface area contributed by atoms with E-state index in [1.165, 1.54) is 18.4 Å². The van der Waals surface area contributed by atoms with Crippen molar-refractivity contribution in [3.8, 4) is 11.8 Å². The molecule has 0 aromatic heterocycles. The van der Waals surface area contributed by atoms with E-state index in [2.05, 4.69) is 23.2 Å². The lowest BCUT2D eigenvalue weighted by Gasteiger charge is -2.07. The second-order valence-electron chi connectivity index (χ2n) is 3.23. The van der Waals surface area contributed by atoms with Gasteiger partial charge in [-0.1, -0.05) is 17.9 Å². The molecule has 1 saturated carbocycles. The lowest BCUT2D eigenvalue weighted by atomic mass is 10.1. The highest BCUT2D eigenvalue weighted by molar-refractivity contribution is 5.31. The Kier molecular flexibility index (Phi) is 1.96. The lowest BCUT2D eigenvalue weighted by Crippen LogP contribution is -2.19. The first-order valence-electron chi connectivity index (χ1n) is 4.36. The van der Waals surface area contributed by atoms with Crippen molar-refractivity contribution >= 4 is 0 Å². The van der Waals surface area contributed by atoms with Crippen molar-refractivity contribution in [2.24, 2.45) is 5.92 Å². The Bertz CT molecular complexity index is 225. The number of nitrogens with one attached hydrogen (secondary N) is 1. The van der Waals surface area contributed by atoms with Crippen LogP contribution in [0.15, 0.2) is 11.6 Å². The van der Waals surface area contributed by atoms with Crippen LogP contribution in [0.25, 0.3) is 0 Å². The molecule has 1 nitrogen and oxygen atoms in total. The van der Waals surface area contributed by atoms with Crippen molar-refractivity contribution in [2.75, 3.05) is 13.1 Å². The quantitative estimate of drug-likeness (QED) is 0.509. The van der Waals surface area contributed by atoms with Gasteiger partial charge in [0.1, 0.15) is 0 Å². The molecule has 58 valence electrons. The van der Waals surface area contributed by atoms with Crippen LogP contribution in [0.2, 0.25) is 0 Å². The molecule has 0 radical (unpaired) electrons. The van der Waals surface area contributed by atoms with Crippen molar-refractivity contribution in [1.29, 1.82) is 0 Å². The average molecular weight is 147 g/mol. The molecule has 2 aliphatic rings. The molecule has 1 heterocycles. The highest BCUT2D eigenvalue weighted by Crippen LogP contribution is 2.27. The van der Waals surface area contributed by atoms with Crippen molar-refractivity contribution in [1.82, 2.24) is 5.32 Å². The first-order chi connectivity index (χ1) is 5.45. The topological polar surface area (TPSA) is 12.0 Å². The summed E-state index contributed by atoms with van der Waals surface area (Å²) in [7, 11) is 0. The molecular weight excluding hydrogens is 134 g/mol. The Morgan fingerprint density at radius 1 is 1.45 bits per heavy atom. The summed E-state index contributed by atoms with van der Waals surface area (Å²) in [6, 6.07) is 0. The zero-order valence-electron chi connectivity index (χ0n) is 6.69. The Balaban J connectivity index is 1.93. The van der Waals surface area contributed by atoms with Crippen LogP contribution in [0, 0.1) is 17.8 Å². The van der Waals surface area contributed by atoms with Gasteiger partial charge < -0.3 is 5.32 Å². The third kappa shape index (κ3) is 2.10. The van der Waals surface area contributed by atoms with Crippen LogP contribution in [-0.4, -0.2) is 13.1 Å². The minimum Gasteiger partial charge on any atom is -0.313 e. The van der Waals surface area contributed by atoms with E-state index >= 15 is 0 Å². The molecule has 1 aliphatic carbocycles. The van der Waals surface area contributed by atoms with Gasteiger partial charge in [-0.15, -0.1) is 0 Å². The van der Waals surface area contributed by atoms with Gasteiger partial charge in [0.25, 0.3) is 0 Å². The van der Waals surface area contributed by atoms with Gasteiger partial charge in [0.05, 0.1) is 0 Å². The number of hydrogen-bond donors (Lipinski definition) is 1. The van der Waals surface area contributed by atoms with Crippen LogP contribution in [-0.2, 0) is 0 Å². The van der Waals surface area contributed by atoms with E-state index in [9.17, 15) is 0 Å². The average Bonchev–Trinajstić information content (AvgIpc) is 2.86. The summed E-state index contributed by atoms with van der Waals surface area (Å²) in [6.45, 7) is 2.11. The summed E-state index contributed by atoms with van der Waals surface area (Å²) < 4.78 is 0. The standard InChI is InChI=1S/C10H13N/c1-2-9(1)3-4-10-5-7-11-8-6-10/h5,9,11H,1-2,6-8H2. The predicted octanol–water partition coefficient (Wildman–Crippen LogP) is 1.32. The molecule has 0 atom stereocenters. The van der Waals surface area contributed by atoms with E-state index in [-0.39, 0.29) is 0 Å². The van der Waals surface area contributed by atoms with Crippen molar-refractivity contribution in [3.05, 3.63) is 11.6 Å². The second-order valence-corrected chi connectivity index (χ2v) is 3.23. The van der Waals surface area contributed by atoms with Crippen LogP contribution in [0.1, 0.15) is 19.3 Å². The van der Waals surface area contributed by atoms with Gasteiger partial charge >= 0.3 is 0 Å². The van der Waals surface area contributed by atoms with Gasteiger partial charge in [0, 0.05) is 24.6 Å². The van der Waals surface area contributed by atoms with E-state index in [4.69, 9.17) is 0 Å². The maximum absolute atomic E-state index is 3.28. The van der Waals surface area contributed by atoms with Gasteiger partial charge in [-0.25, -0.2) is 0 Å². The van der Waals surface area contributed by atoms with E-state index in [1.807, 2.05) is 0 Å². The minimum absolute atomic E-state index is 0.741. The fraction of sp³-hybridized carbons (Fsp3) is 0.600. The Morgan fingerprint density at radius 2 is 2.36 bits per heavy atom. The number of hydrogen-bond acceptors (Lipinski definition) is 1. The normalized spacial score (nSPS) is 23.5.